The molecule has 1 heterocycles. The average molecular weight is 258 g/mol. The molecule has 2 atom stereocenters. The Morgan fingerprint density at radius 2 is 2.05 bits per heavy atom. The van der Waals surface area contributed by atoms with Crippen molar-refractivity contribution >= 4 is 6.21 Å². The number of hydrogen-bond donors (Lipinski definition) is 0. The van der Waals surface area contributed by atoms with Crippen LogP contribution in [0, 0.1) is 13.8 Å². The van der Waals surface area contributed by atoms with Crippen LogP contribution in [0.2, 0.25) is 0 Å². The van der Waals surface area contributed by atoms with Crippen molar-refractivity contribution in [3.8, 4) is 0 Å². The van der Waals surface area contributed by atoms with Gasteiger partial charge in [0.05, 0.1) is 5.92 Å². The number of aryl methyl sites for hydroxylation is 2. The summed E-state index contributed by atoms with van der Waals surface area (Å²) in [5.41, 5.74) is 5.41. The maximum absolute atomic E-state index is 5.70. The molecule has 0 fully saturated rings. The lowest BCUT2D eigenvalue weighted by atomic mass is 9.87. The predicted molar refractivity (Wildman–Crippen MR) is 80.0 cm³/mol. The largest absolute Gasteiger partial charge is 0.324 e. The van der Waals surface area contributed by atoms with E-state index in [1.54, 1.807) is 7.11 Å². The summed E-state index contributed by atoms with van der Waals surface area (Å²) in [4.78, 5) is 0. The first-order chi connectivity index (χ1) is 9.08. The first-order valence-corrected chi connectivity index (χ1v) is 7.01. The van der Waals surface area contributed by atoms with Crippen LogP contribution in [0.3, 0.4) is 0 Å². The maximum atomic E-state index is 5.70. The summed E-state index contributed by atoms with van der Waals surface area (Å²) < 4.78 is 7.89. The molecule has 102 valence electrons. The van der Waals surface area contributed by atoms with Gasteiger partial charge in [0.2, 0.25) is 0 Å². The zero-order chi connectivity index (χ0) is 14.0. The zero-order valence-corrected chi connectivity index (χ0v) is 12.6. The molecular formula is C17H24NO+. The van der Waals surface area contributed by atoms with Crippen LogP contribution in [0.4, 0.5) is 0 Å². The van der Waals surface area contributed by atoms with Gasteiger partial charge in [0, 0.05) is 12.7 Å². The van der Waals surface area contributed by atoms with Gasteiger partial charge >= 0.3 is 0 Å². The van der Waals surface area contributed by atoms with Gasteiger partial charge in [-0.05, 0) is 50.5 Å². The molecule has 1 aliphatic rings. The second-order valence-corrected chi connectivity index (χ2v) is 5.37. The third-order valence-corrected chi connectivity index (χ3v) is 3.78. The Labute approximate surface area is 116 Å². The van der Waals surface area contributed by atoms with Crippen molar-refractivity contribution < 1.29 is 9.31 Å². The molecular weight excluding hydrogens is 234 g/mol. The van der Waals surface area contributed by atoms with Crippen molar-refractivity contribution in [2.24, 2.45) is 0 Å². The van der Waals surface area contributed by atoms with Crippen LogP contribution in [0.25, 0.3) is 0 Å². The minimum atomic E-state index is 0.0803. The fourth-order valence-electron chi connectivity index (χ4n) is 3.06. The van der Waals surface area contributed by atoms with E-state index in [1.807, 2.05) is 0 Å². The van der Waals surface area contributed by atoms with Gasteiger partial charge in [0.1, 0.15) is 0 Å². The van der Waals surface area contributed by atoms with Crippen molar-refractivity contribution in [3.05, 3.63) is 46.7 Å². The Bertz CT molecular complexity index is 528. The van der Waals surface area contributed by atoms with Crippen molar-refractivity contribution in [2.75, 3.05) is 7.11 Å². The Morgan fingerprint density at radius 3 is 2.68 bits per heavy atom. The average Bonchev–Trinajstić information content (AvgIpc) is 2.35. The zero-order valence-electron chi connectivity index (χ0n) is 12.6. The van der Waals surface area contributed by atoms with Crippen molar-refractivity contribution in [1.82, 2.24) is 0 Å². The number of nitrogens with zero attached hydrogens (tertiary/aromatic N) is 1. The monoisotopic (exact) mass is 258 g/mol. The fourth-order valence-corrected chi connectivity index (χ4v) is 3.06. The SMILES string of the molecule is CC/C=C\[N+]1=Cc2cc(C)cc(C)c2C(C)[C@H]1OC. The predicted octanol–water partition coefficient (Wildman–Crippen LogP) is 3.75. The number of fused-ring (bicyclic) bond motifs is 1. The van der Waals surface area contributed by atoms with E-state index in [2.05, 4.69) is 62.9 Å². The van der Waals surface area contributed by atoms with Crippen LogP contribution in [0.1, 0.15) is 48.4 Å². The number of rotatable bonds is 3. The molecule has 19 heavy (non-hydrogen) atoms. The van der Waals surface area contributed by atoms with Gasteiger partial charge < -0.3 is 4.74 Å². The molecule has 0 N–H and O–H groups in total. The van der Waals surface area contributed by atoms with Crippen LogP contribution in [-0.2, 0) is 4.74 Å². The highest BCUT2D eigenvalue weighted by Crippen LogP contribution is 2.31. The van der Waals surface area contributed by atoms with E-state index >= 15 is 0 Å². The quantitative estimate of drug-likeness (QED) is 0.752. The molecule has 1 unspecified atom stereocenters. The smallest absolute Gasteiger partial charge is 0.268 e. The summed E-state index contributed by atoms with van der Waals surface area (Å²) in [5.74, 6) is 0.368. The Hall–Kier alpha value is -1.41. The van der Waals surface area contributed by atoms with Gasteiger partial charge in [-0.25, -0.2) is 0 Å². The molecule has 0 radical (unpaired) electrons. The molecule has 0 aliphatic carbocycles. The summed E-state index contributed by atoms with van der Waals surface area (Å²) in [6, 6.07) is 4.52. The minimum Gasteiger partial charge on any atom is -0.324 e. The van der Waals surface area contributed by atoms with E-state index < -0.39 is 0 Å². The Kier molecular flexibility index (Phi) is 4.20. The normalized spacial score (nSPS) is 22.5. The van der Waals surface area contributed by atoms with E-state index in [-0.39, 0.29) is 6.23 Å². The molecule has 1 aromatic rings. The lowest BCUT2D eigenvalue weighted by Gasteiger charge is -2.26. The van der Waals surface area contributed by atoms with Crippen molar-refractivity contribution in [1.29, 1.82) is 0 Å². The lowest BCUT2D eigenvalue weighted by Crippen LogP contribution is -2.35. The minimum absolute atomic E-state index is 0.0803. The number of hydrogen-bond acceptors (Lipinski definition) is 1. The topological polar surface area (TPSA) is 12.2 Å². The Morgan fingerprint density at radius 1 is 1.32 bits per heavy atom. The summed E-state index contributed by atoms with van der Waals surface area (Å²) >= 11 is 0. The molecule has 2 rings (SSSR count). The third kappa shape index (κ3) is 2.64. The fraction of sp³-hybridized carbons (Fsp3) is 0.471. The first kappa shape index (κ1) is 14.0. The summed E-state index contributed by atoms with van der Waals surface area (Å²) in [6.45, 7) is 8.74. The van der Waals surface area contributed by atoms with E-state index in [4.69, 9.17) is 4.74 Å². The van der Waals surface area contributed by atoms with Crippen LogP contribution in [0.15, 0.2) is 24.4 Å². The van der Waals surface area contributed by atoms with Gasteiger partial charge in [-0.1, -0.05) is 18.6 Å². The van der Waals surface area contributed by atoms with Gasteiger partial charge in [0.25, 0.3) is 6.23 Å². The highest BCUT2D eigenvalue weighted by Gasteiger charge is 2.34. The highest BCUT2D eigenvalue weighted by molar-refractivity contribution is 5.80. The molecule has 1 aromatic carbocycles. The van der Waals surface area contributed by atoms with Crippen molar-refractivity contribution in [3.63, 3.8) is 0 Å². The third-order valence-electron chi connectivity index (χ3n) is 3.78. The van der Waals surface area contributed by atoms with Crippen LogP contribution < -0.4 is 0 Å². The van der Waals surface area contributed by atoms with E-state index in [1.165, 1.54) is 22.3 Å². The highest BCUT2D eigenvalue weighted by atomic mass is 16.5. The van der Waals surface area contributed by atoms with E-state index in [0.29, 0.717) is 5.92 Å². The van der Waals surface area contributed by atoms with Crippen LogP contribution in [0.5, 0.6) is 0 Å². The molecule has 0 aromatic heterocycles. The molecule has 0 saturated carbocycles. The van der Waals surface area contributed by atoms with Gasteiger partial charge in [0.15, 0.2) is 12.4 Å². The standard InChI is InChI=1S/C17H24NO/c1-6-7-8-18-11-15-10-12(2)9-13(3)16(15)14(4)17(18)19-5/h7-11,14,17H,6H2,1-5H3/q+1/b8-7-/t14?,17-/m1/s1. The lowest BCUT2D eigenvalue weighted by molar-refractivity contribution is -0.556. The first-order valence-electron chi connectivity index (χ1n) is 7.01. The van der Waals surface area contributed by atoms with Crippen LogP contribution in [-0.4, -0.2) is 24.1 Å². The Balaban J connectivity index is 2.56. The number of allylic oxidation sites excluding steroid dienone is 1. The molecule has 0 saturated heterocycles. The number of methoxy groups -OCH3 is 1. The summed E-state index contributed by atoms with van der Waals surface area (Å²) in [5, 5.41) is 0. The van der Waals surface area contributed by atoms with Gasteiger partial charge in [-0.3, -0.25) is 0 Å². The maximum Gasteiger partial charge on any atom is 0.268 e. The van der Waals surface area contributed by atoms with Crippen molar-refractivity contribution in [2.45, 2.75) is 46.3 Å². The summed E-state index contributed by atoms with van der Waals surface area (Å²) in [6.07, 6.45) is 7.62. The molecule has 1 aliphatic heterocycles. The van der Waals surface area contributed by atoms with E-state index in [9.17, 15) is 0 Å². The summed E-state index contributed by atoms with van der Waals surface area (Å²) in [7, 11) is 1.79. The molecule has 2 heteroatoms. The second-order valence-electron chi connectivity index (χ2n) is 5.37. The molecule has 0 amide bonds. The van der Waals surface area contributed by atoms with Crippen LogP contribution >= 0.6 is 0 Å². The van der Waals surface area contributed by atoms with E-state index in [0.717, 1.165) is 6.42 Å². The second kappa shape index (κ2) is 5.70. The molecule has 0 bridgehead atoms. The molecule has 2 nitrogen and oxygen atoms in total. The molecule has 0 spiro atoms. The van der Waals surface area contributed by atoms with Gasteiger partial charge in [-0.2, -0.15) is 4.58 Å². The van der Waals surface area contributed by atoms with Gasteiger partial charge in [-0.15, -0.1) is 0 Å². The number of ether oxygens (including phenoxy) is 1. The number of benzene rings is 1.